The lowest BCUT2D eigenvalue weighted by atomic mass is 10.2. The summed E-state index contributed by atoms with van der Waals surface area (Å²) < 4.78 is 36.8. The molecule has 0 spiro atoms. The maximum absolute atomic E-state index is 12.8. The summed E-state index contributed by atoms with van der Waals surface area (Å²) in [5.74, 6) is -1.87. The van der Waals surface area contributed by atoms with Crippen molar-refractivity contribution in [3.8, 4) is 0 Å². The lowest BCUT2D eigenvalue weighted by Gasteiger charge is -2.07. The minimum Gasteiger partial charge on any atom is -0.325 e. The van der Waals surface area contributed by atoms with Crippen molar-refractivity contribution in [1.29, 1.82) is 0 Å². The summed E-state index contributed by atoms with van der Waals surface area (Å²) in [6.45, 7) is 1.91. The van der Waals surface area contributed by atoms with Crippen molar-refractivity contribution in [1.82, 2.24) is 0 Å². The van der Waals surface area contributed by atoms with Crippen LogP contribution in [0.3, 0.4) is 0 Å². The lowest BCUT2D eigenvalue weighted by molar-refractivity contribution is -0.113. The van der Waals surface area contributed by atoms with Crippen LogP contribution >= 0.6 is 0 Å². The lowest BCUT2D eigenvalue weighted by Crippen LogP contribution is -2.23. The fourth-order valence-electron chi connectivity index (χ4n) is 1.92. The van der Waals surface area contributed by atoms with Crippen LogP contribution in [0.15, 0.2) is 48.5 Å². The predicted octanol–water partition coefficient (Wildman–Crippen LogP) is 2.69. The molecule has 0 bridgehead atoms. The summed E-state index contributed by atoms with van der Waals surface area (Å²) in [6, 6.07) is 12.2. The molecule has 116 valence electrons. The molecule has 22 heavy (non-hydrogen) atoms. The van der Waals surface area contributed by atoms with Gasteiger partial charge in [0.15, 0.2) is 9.84 Å². The van der Waals surface area contributed by atoms with Gasteiger partial charge in [-0.1, -0.05) is 29.8 Å². The first kappa shape index (κ1) is 16.2. The number of aryl methyl sites for hydroxylation is 1. The molecule has 0 aliphatic rings. The van der Waals surface area contributed by atoms with Gasteiger partial charge in [-0.25, -0.2) is 12.8 Å². The first-order chi connectivity index (χ1) is 10.3. The van der Waals surface area contributed by atoms with Crippen LogP contribution in [0.2, 0.25) is 0 Å². The molecule has 0 saturated carbocycles. The van der Waals surface area contributed by atoms with E-state index in [4.69, 9.17) is 0 Å². The molecule has 2 aromatic rings. The van der Waals surface area contributed by atoms with E-state index in [2.05, 4.69) is 5.32 Å². The topological polar surface area (TPSA) is 63.2 Å². The minimum absolute atomic E-state index is 0.190. The number of carbonyl (C=O) groups is 1. The van der Waals surface area contributed by atoms with Crippen LogP contribution in [-0.2, 0) is 20.4 Å². The van der Waals surface area contributed by atoms with Crippen LogP contribution in [0.1, 0.15) is 11.1 Å². The number of rotatable bonds is 5. The van der Waals surface area contributed by atoms with Crippen molar-refractivity contribution in [2.75, 3.05) is 11.1 Å². The molecule has 0 unspecified atom stereocenters. The maximum atomic E-state index is 12.8. The Morgan fingerprint density at radius 3 is 2.23 bits per heavy atom. The molecule has 2 rings (SSSR count). The molecule has 4 nitrogen and oxygen atoms in total. The zero-order valence-corrected chi connectivity index (χ0v) is 12.9. The number of amides is 1. The Morgan fingerprint density at radius 2 is 1.64 bits per heavy atom. The van der Waals surface area contributed by atoms with E-state index in [9.17, 15) is 17.6 Å². The van der Waals surface area contributed by atoms with E-state index < -0.39 is 27.3 Å². The molecule has 0 fully saturated rings. The molecule has 0 aliphatic heterocycles. The average molecular weight is 321 g/mol. The summed E-state index contributed by atoms with van der Waals surface area (Å²) in [7, 11) is -3.56. The van der Waals surface area contributed by atoms with E-state index in [0.717, 1.165) is 5.56 Å². The van der Waals surface area contributed by atoms with E-state index in [-0.39, 0.29) is 5.75 Å². The normalized spacial score (nSPS) is 11.2. The van der Waals surface area contributed by atoms with Gasteiger partial charge in [0.05, 0.1) is 5.75 Å². The zero-order chi connectivity index (χ0) is 16.2. The molecular formula is C16H16FNO3S. The Labute approximate surface area is 128 Å². The van der Waals surface area contributed by atoms with Gasteiger partial charge in [0, 0.05) is 5.69 Å². The van der Waals surface area contributed by atoms with E-state index in [0.29, 0.717) is 11.3 Å². The molecule has 0 aliphatic carbocycles. The van der Waals surface area contributed by atoms with Crippen LogP contribution in [0, 0.1) is 12.7 Å². The molecular weight excluding hydrogens is 305 g/mol. The highest BCUT2D eigenvalue weighted by Gasteiger charge is 2.17. The quantitative estimate of drug-likeness (QED) is 0.921. The van der Waals surface area contributed by atoms with E-state index >= 15 is 0 Å². The van der Waals surface area contributed by atoms with Gasteiger partial charge in [0.1, 0.15) is 11.6 Å². The van der Waals surface area contributed by atoms with E-state index in [1.165, 1.54) is 24.3 Å². The Kier molecular flexibility index (Phi) is 4.92. The standard InChI is InChI=1S/C16H16FNO3S/c1-12-2-4-13(5-3-12)10-22(20,21)11-16(19)18-15-8-6-14(17)7-9-15/h2-9H,10-11H2,1H3,(H,18,19). The third-order valence-electron chi connectivity index (χ3n) is 2.99. The first-order valence-corrected chi connectivity index (χ1v) is 8.47. The van der Waals surface area contributed by atoms with Gasteiger partial charge in [-0.05, 0) is 36.8 Å². The third kappa shape index (κ3) is 4.96. The molecule has 2 aromatic carbocycles. The summed E-state index contributed by atoms with van der Waals surface area (Å²) >= 11 is 0. The molecule has 0 aromatic heterocycles. The molecule has 1 amide bonds. The second-order valence-electron chi connectivity index (χ2n) is 5.07. The molecule has 0 atom stereocenters. The smallest absolute Gasteiger partial charge is 0.239 e. The SMILES string of the molecule is Cc1ccc(CS(=O)(=O)CC(=O)Nc2ccc(F)cc2)cc1. The number of sulfone groups is 1. The van der Waals surface area contributed by atoms with E-state index in [1.54, 1.807) is 12.1 Å². The molecule has 1 N–H and O–H groups in total. The fourth-order valence-corrected chi connectivity index (χ4v) is 3.19. The number of anilines is 1. The average Bonchev–Trinajstić information content (AvgIpc) is 2.43. The van der Waals surface area contributed by atoms with Gasteiger partial charge in [-0.15, -0.1) is 0 Å². The van der Waals surface area contributed by atoms with E-state index in [1.807, 2.05) is 19.1 Å². The van der Waals surface area contributed by atoms with Crippen molar-refractivity contribution in [2.45, 2.75) is 12.7 Å². The van der Waals surface area contributed by atoms with Crippen LogP contribution in [-0.4, -0.2) is 20.1 Å². The summed E-state index contributed by atoms with van der Waals surface area (Å²) in [4.78, 5) is 11.8. The second kappa shape index (κ2) is 6.70. The molecule has 0 heterocycles. The predicted molar refractivity (Wildman–Crippen MR) is 83.7 cm³/mol. The highest BCUT2D eigenvalue weighted by molar-refractivity contribution is 7.91. The number of benzene rings is 2. The largest absolute Gasteiger partial charge is 0.325 e. The number of hydrogen-bond donors (Lipinski definition) is 1. The van der Waals surface area contributed by atoms with Gasteiger partial charge in [-0.2, -0.15) is 0 Å². The molecule has 0 radical (unpaired) electrons. The fraction of sp³-hybridized carbons (Fsp3) is 0.188. The number of halogens is 1. The zero-order valence-electron chi connectivity index (χ0n) is 12.0. The van der Waals surface area contributed by atoms with Crippen molar-refractivity contribution in [3.05, 3.63) is 65.5 Å². The maximum Gasteiger partial charge on any atom is 0.239 e. The Balaban J connectivity index is 1.97. The van der Waals surface area contributed by atoms with Gasteiger partial charge in [-0.3, -0.25) is 4.79 Å². The van der Waals surface area contributed by atoms with Crippen LogP contribution < -0.4 is 5.32 Å². The minimum atomic E-state index is -3.56. The summed E-state index contributed by atoms with van der Waals surface area (Å²) in [5.41, 5.74) is 2.03. The van der Waals surface area contributed by atoms with Gasteiger partial charge in [0.2, 0.25) is 5.91 Å². The monoisotopic (exact) mass is 321 g/mol. The van der Waals surface area contributed by atoms with Gasteiger partial charge < -0.3 is 5.32 Å². The van der Waals surface area contributed by atoms with Crippen molar-refractivity contribution in [2.24, 2.45) is 0 Å². The Hall–Kier alpha value is -2.21. The third-order valence-corrected chi connectivity index (χ3v) is 4.46. The number of hydrogen-bond acceptors (Lipinski definition) is 3. The highest BCUT2D eigenvalue weighted by atomic mass is 32.2. The van der Waals surface area contributed by atoms with Crippen molar-refractivity contribution in [3.63, 3.8) is 0 Å². The summed E-state index contributed by atoms with van der Waals surface area (Å²) in [6.07, 6.45) is 0. The van der Waals surface area contributed by atoms with Gasteiger partial charge in [0.25, 0.3) is 0 Å². The van der Waals surface area contributed by atoms with Gasteiger partial charge >= 0.3 is 0 Å². The number of nitrogens with one attached hydrogen (secondary N) is 1. The van der Waals surface area contributed by atoms with Crippen LogP contribution in [0.4, 0.5) is 10.1 Å². The van der Waals surface area contributed by atoms with Crippen LogP contribution in [0.25, 0.3) is 0 Å². The van der Waals surface area contributed by atoms with Crippen molar-refractivity contribution >= 4 is 21.4 Å². The van der Waals surface area contributed by atoms with Crippen LogP contribution in [0.5, 0.6) is 0 Å². The summed E-state index contributed by atoms with van der Waals surface area (Å²) in [5, 5.41) is 2.44. The second-order valence-corrected chi connectivity index (χ2v) is 7.14. The Morgan fingerprint density at radius 1 is 1.05 bits per heavy atom. The highest BCUT2D eigenvalue weighted by Crippen LogP contribution is 2.11. The molecule has 6 heteroatoms. The Bertz CT molecular complexity index is 753. The molecule has 0 saturated heterocycles. The number of carbonyl (C=O) groups excluding carboxylic acids is 1. The first-order valence-electron chi connectivity index (χ1n) is 6.65. The van der Waals surface area contributed by atoms with Crippen molar-refractivity contribution < 1.29 is 17.6 Å².